The van der Waals surface area contributed by atoms with Gasteiger partial charge in [0.05, 0.1) is 16.1 Å². The van der Waals surface area contributed by atoms with Crippen molar-refractivity contribution in [2.24, 2.45) is 5.92 Å². The van der Waals surface area contributed by atoms with Gasteiger partial charge in [-0.2, -0.15) is 9.40 Å². The average molecular weight is 631 g/mol. The van der Waals surface area contributed by atoms with Crippen molar-refractivity contribution < 1.29 is 36.3 Å². The molecule has 0 unspecified atom stereocenters. The minimum atomic E-state index is -4.25. The van der Waals surface area contributed by atoms with Crippen molar-refractivity contribution >= 4 is 33.3 Å². The molecule has 0 bridgehead atoms. The Morgan fingerprint density at radius 3 is 2.50 bits per heavy atom. The Morgan fingerprint density at radius 1 is 1.07 bits per heavy atom. The number of likely N-dealkylation sites (N-methyl/N-ethyl adjacent to an activating group) is 1. The highest BCUT2D eigenvalue weighted by Gasteiger charge is 2.33. The van der Waals surface area contributed by atoms with Gasteiger partial charge in [-0.25, -0.2) is 17.2 Å². The molecule has 0 saturated carbocycles. The van der Waals surface area contributed by atoms with Crippen LogP contribution in [0, 0.1) is 17.6 Å². The van der Waals surface area contributed by atoms with Gasteiger partial charge in [0.1, 0.15) is 23.5 Å². The van der Waals surface area contributed by atoms with E-state index in [0.717, 1.165) is 29.5 Å². The number of anilines is 2. The zero-order valence-electron chi connectivity index (χ0n) is 23.9. The zero-order chi connectivity index (χ0) is 31.0. The number of benzene rings is 2. The number of carbonyl (C=O) groups is 2. The molecule has 3 aliphatic rings. The lowest BCUT2D eigenvalue weighted by Gasteiger charge is -2.36. The van der Waals surface area contributed by atoms with Crippen LogP contribution in [-0.2, 0) is 32.5 Å². The Kier molecular flexibility index (Phi) is 8.37. The van der Waals surface area contributed by atoms with E-state index < -0.39 is 32.5 Å². The van der Waals surface area contributed by atoms with Crippen LogP contribution < -0.4 is 15.4 Å². The number of rotatable bonds is 8. The summed E-state index contributed by atoms with van der Waals surface area (Å²) in [4.78, 5) is 28.3. The SMILES string of the molecule is CN1CC(Oc2ccc(C(=O)Nc3n[nH]c4c3CN(S(=O)(=O)c3cc(F)cc(F)c3)CC4)c(NC(=O)C3CCOCC3)c2)C1. The van der Waals surface area contributed by atoms with Crippen LogP contribution in [0.4, 0.5) is 20.3 Å². The molecule has 2 aromatic carbocycles. The third kappa shape index (κ3) is 6.31. The smallest absolute Gasteiger partial charge is 0.258 e. The third-order valence-corrected chi connectivity index (χ3v) is 9.85. The Bertz CT molecular complexity index is 1670. The minimum absolute atomic E-state index is 0.00241. The molecule has 2 saturated heterocycles. The zero-order valence-corrected chi connectivity index (χ0v) is 24.8. The Morgan fingerprint density at radius 2 is 1.80 bits per heavy atom. The highest BCUT2D eigenvalue weighted by molar-refractivity contribution is 7.89. The van der Waals surface area contributed by atoms with Crippen molar-refractivity contribution in [2.45, 2.75) is 36.8 Å². The second-order valence-electron chi connectivity index (χ2n) is 11.2. The second kappa shape index (κ2) is 12.2. The number of aromatic nitrogens is 2. The van der Waals surface area contributed by atoms with Gasteiger partial charge in [-0.05, 0) is 44.2 Å². The molecule has 4 heterocycles. The molecule has 15 heteroatoms. The van der Waals surface area contributed by atoms with E-state index in [1.54, 1.807) is 18.2 Å². The van der Waals surface area contributed by atoms with E-state index in [1.165, 1.54) is 0 Å². The van der Waals surface area contributed by atoms with Gasteiger partial charge in [-0.15, -0.1) is 0 Å². The van der Waals surface area contributed by atoms with Crippen molar-refractivity contribution in [1.29, 1.82) is 0 Å². The summed E-state index contributed by atoms with van der Waals surface area (Å²) in [5, 5.41) is 12.7. The van der Waals surface area contributed by atoms with Crippen LogP contribution in [0.15, 0.2) is 41.3 Å². The van der Waals surface area contributed by atoms with Gasteiger partial charge < -0.3 is 20.1 Å². The number of halogens is 2. The highest BCUT2D eigenvalue weighted by Crippen LogP contribution is 2.31. The molecule has 2 amide bonds. The van der Waals surface area contributed by atoms with E-state index >= 15 is 0 Å². The number of nitrogens with one attached hydrogen (secondary N) is 3. The maximum atomic E-state index is 13.8. The summed E-state index contributed by atoms with van der Waals surface area (Å²) in [6.07, 6.45) is 1.37. The standard InChI is InChI=1S/C29H32F2N6O6S/c1-36-14-21(15-36)43-20-2-3-23(26(13-20)32-28(38)17-5-8-42-9-6-17)29(39)33-27-24-16-37(7-4-25(24)34-35-27)44(40,41)22-11-18(30)10-19(31)12-22/h2-3,10-13,17,21H,4-9,14-16H2,1H3,(H,32,38)(H2,33,34,35,39). The summed E-state index contributed by atoms with van der Waals surface area (Å²) >= 11 is 0. The predicted octanol–water partition coefficient (Wildman–Crippen LogP) is 2.75. The first-order chi connectivity index (χ1) is 21.1. The number of sulfonamides is 1. The minimum Gasteiger partial charge on any atom is -0.488 e. The number of fused-ring (bicyclic) bond motifs is 1. The summed E-state index contributed by atoms with van der Waals surface area (Å²) in [6, 6.07) is 6.96. The van der Waals surface area contributed by atoms with Gasteiger partial charge >= 0.3 is 0 Å². The first-order valence-electron chi connectivity index (χ1n) is 14.3. The lowest BCUT2D eigenvalue weighted by molar-refractivity contribution is -0.122. The maximum Gasteiger partial charge on any atom is 0.258 e. The molecular formula is C29H32F2N6O6S. The second-order valence-corrected chi connectivity index (χ2v) is 13.2. The first kappa shape index (κ1) is 30.1. The highest BCUT2D eigenvalue weighted by atomic mass is 32.2. The number of H-pyrrole nitrogens is 1. The first-order valence-corrected chi connectivity index (χ1v) is 15.7. The molecule has 1 aromatic heterocycles. The van der Waals surface area contributed by atoms with E-state index in [1.807, 2.05) is 7.05 Å². The van der Waals surface area contributed by atoms with E-state index in [9.17, 15) is 26.8 Å². The quantitative estimate of drug-likeness (QED) is 0.345. The summed E-state index contributed by atoms with van der Waals surface area (Å²) < 4.78 is 66.5. The van der Waals surface area contributed by atoms with E-state index in [0.29, 0.717) is 49.1 Å². The number of hydrogen-bond acceptors (Lipinski definition) is 8. The fourth-order valence-electron chi connectivity index (χ4n) is 5.58. The molecule has 6 rings (SSSR count). The largest absolute Gasteiger partial charge is 0.488 e. The maximum absolute atomic E-state index is 13.8. The number of ether oxygens (including phenoxy) is 2. The molecule has 0 atom stereocenters. The van der Waals surface area contributed by atoms with Gasteiger partial charge in [-0.3, -0.25) is 19.6 Å². The van der Waals surface area contributed by atoms with E-state index in [-0.39, 0.29) is 54.5 Å². The van der Waals surface area contributed by atoms with Gasteiger partial charge in [0.25, 0.3) is 5.91 Å². The normalized spacial score (nSPS) is 18.3. The van der Waals surface area contributed by atoms with Crippen LogP contribution in [-0.4, -0.2) is 85.6 Å². The molecule has 44 heavy (non-hydrogen) atoms. The Labute approximate surface area is 252 Å². The third-order valence-electron chi connectivity index (χ3n) is 8.02. The van der Waals surface area contributed by atoms with Crippen LogP contribution in [0.5, 0.6) is 5.75 Å². The number of nitrogens with zero attached hydrogens (tertiary/aromatic N) is 3. The van der Waals surface area contributed by atoms with E-state index in [2.05, 4.69) is 25.7 Å². The van der Waals surface area contributed by atoms with Crippen LogP contribution in [0.3, 0.4) is 0 Å². The lowest BCUT2D eigenvalue weighted by atomic mass is 9.99. The molecule has 3 N–H and O–H groups in total. The van der Waals surface area contributed by atoms with Crippen molar-refractivity contribution in [3.8, 4) is 5.75 Å². The summed E-state index contributed by atoms with van der Waals surface area (Å²) in [5.74, 6) is -2.47. The monoisotopic (exact) mass is 630 g/mol. The van der Waals surface area contributed by atoms with Gasteiger partial charge in [0.15, 0.2) is 5.82 Å². The molecule has 3 aromatic rings. The molecule has 0 aliphatic carbocycles. The molecule has 0 radical (unpaired) electrons. The Balaban J connectivity index is 1.23. The number of hydrogen-bond donors (Lipinski definition) is 3. The van der Waals surface area contributed by atoms with Crippen molar-refractivity contribution in [1.82, 2.24) is 19.4 Å². The molecule has 234 valence electrons. The van der Waals surface area contributed by atoms with Crippen molar-refractivity contribution in [2.75, 3.05) is 50.5 Å². The summed E-state index contributed by atoms with van der Waals surface area (Å²) in [6.45, 7) is 2.35. The van der Waals surface area contributed by atoms with Crippen molar-refractivity contribution in [3.63, 3.8) is 0 Å². The number of carbonyl (C=O) groups excluding carboxylic acids is 2. The van der Waals surface area contributed by atoms with Gasteiger partial charge in [-0.1, -0.05) is 0 Å². The fraction of sp³-hybridized carbons (Fsp3) is 0.414. The summed E-state index contributed by atoms with van der Waals surface area (Å²) in [5.41, 5.74) is 1.48. The molecule has 2 fully saturated rings. The summed E-state index contributed by atoms with van der Waals surface area (Å²) in [7, 11) is -2.26. The molecule has 12 nitrogen and oxygen atoms in total. The molecule has 3 aliphatic heterocycles. The van der Waals surface area contributed by atoms with Crippen LogP contribution in [0.25, 0.3) is 0 Å². The molecule has 0 spiro atoms. The topological polar surface area (TPSA) is 146 Å². The number of amides is 2. The fourth-order valence-corrected chi connectivity index (χ4v) is 7.03. The van der Waals surface area contributed by atoms with Gasteiger partial charge in [0.2, 0.25) is 15.9 Å². The van der Waals surface area contributed by atoms with Crippen molar-refractivity contribution in [3.05, 3.63) is 64.9 Å². The average Bonchev–Trinajstić information content (AvgIpc) is 3.38. The Hall–Kier alpha value is -3.92. The number of likely N-dealkylation sites (tertiary alicyclic amines) is 1. The van der Waals surface area contributed by atoms with Crippen LogP contribution in [0.2, 0.25) is 0 Å². The van der Waals surface area contributed by atoms with Gasteiger partial charge in [0, 0.05) is 75.1 Å². The predicted molar refractivity (Wildman–Crippen MR) is 155 cm³/mol. The van der Waals surface area contributed by atoms with E-state index in [4.69, 9.17) is 9.47 Å². The molecular weight excluding hydrogens is 598 g/mol. The van der Waals surface area contributed by atoms with Crippen LogP contribution >= 0.6 is 0 Å². The number of aromatic amines is 1. The van der Waals surface area contributed by atoms with Crippen LogP contribution in [0.1, 0.15) is 34.5 Å². The lowest BCUT2D eigenvalue weighted by Crippen LogP contribution is -2.51.